The molecule has 0 saturated carbocycles. The lowest BCUT2D eigenvalue weighted by molar-refractivity contribution is 0.0681. The van der Waals surface area contributed by atoms with Crippen molar-refractivity contribution >= 4 is 16.9 Å². The number of aryl methyl sites for hydroxylation is 4. The number of carbonyl (C=O) groups excluding carboxylic acids is 1. The average molecular weight is 377 g/mol. The minimum atomic E-state index is 0.0893. The first kappa shape index (κ1) is 18.6. The average Bonchev–Trinajstić information content (AvgIpc) is 2.99. The van der Waals surface area contributed by atoms with Gasteiger partial charge in [0.05, 0.1) is 28.1 Å². The second kappa shape index (κ2) is 7.34. The van der Waals surface area contributed by atoms with E-state index in [0.717, 1.165) is 60.6 Å². The summed E-state index contributed by atoms with van der Waals surface area (Å²) in [7, 11) is 0. The molecule has 146 valence electrons. The molecule has 1 fully saturated rings. The SMILES string of the molecule is Cc1cc(C)n(CC2CCN(C(=O)c3ccc4nc(C)c(C)nc4c3)CC2)n1. The van der Waals surface area contributed by atoms with Crippen LogP contribution in [0.1, 0.15) is 46.0 Å². The number of likely N-dealkylation sites (tertiary alicyclic amines) is 1. The summed E-state index contributed by atoms with van der Waals surface area (Å²) in [5.74, 6) is 0.654. The topological polar surface area (TPSA) is 63.9 Å². The van der Waals surface area contributed by atoms with Gasteiger partial charge in [0.1, 0.15) is 0 Å². The first-order valence-electron chi connectivity index (χ1n) is 9.96. The Morgan fingerprint density at radius 3 is 2.32 bits per heavy atom. The zero-order chi connectivity index (χ0) is 19.8. The van der Waals surface area contributed by atoms with Crippen molar-refractivity contribution in [2.45, 2.75) is 47.1 Å². The molecule has 0 atom stereocenters. The molecule has 28 heavy (non-hydrogen) atoms. The van der Waals surface area contributed by atoms with Gasteiger partial charge in [0.2, 0.25) is 0 Å². The highest BCUT2D eigenvalue weighted by Gasteiger charge is 2.24. The van der Waals surface area contributed by atoms with Crippen LogP contribution in [0.15, 0.2) is 24.3 Å². The Labute approximate surface area is 165 Å². The molecule has 4 rings (SSSR count). The van der Waals surface area contributed by atoms with Gasteiger partial charge in [-0.25, -0.2) is 9.97 Å². The van der Waals surface area contributed by atoms with E-state index in [9.17, 15) is 4.79 Å². The van der Waals surface area contributed by atoms with Crippen LogP contribution in [0, 0.1) is 33.6 Å². The van der Waals surface area contributed by atoms with Crippen molar-refractivity contribution in [3.8, 4) is 0 Å². The third kappa shape index (κ3) is 3.63. The number of rotatable bonds is 3. The van der Waals surface area contributed by atoms with E-state index >= 15 is 0 Å². The second-order valence-corrected chi connectivity index (χ2v) is 7.94. The number of carbonyl (C=O) groups is 1. The molecule has 3 aromatic rings. The highest BCUT2D eigenvalue weighted by Crippen LogP contribution is 2.22. The first-order chi connectivity index (χ1) is 13.4. The van der Waals surface area contributed by atoms with Gasteiger partial charge in [-0.1, -0.05) is 0 Å². The van der Waals surface area contributed by atoms with E-state index in [4.69, 9.17) is 0 Å². The minimum Gasteiger partial charge on any atom is -0.339 e. The Morgan fingerprint density at radius 1 is 1.00 bits per heavy atom. The number of benzene rings is 1. The summed E-state index contributed by atoms with van der Waals surface area (Å²) in [5, 5.41) is 4.57. The Morgan fingerprint density at radius 2 is 1.68 bits per heavy atom. The van der Waals surface area contributed by atoms with Crippen molar-refractivity contribution in [1.29, 1.82) is 0 Å². The number of aromatic nitrogens is 4. The molecule has 1 saturated heterocycles. The van der Waals surface area contributed by atoms with Gasteiger partial charge in [0.25, 0.3) is 5.91 Å². The van der Waals surface area contributed by atoms with E-state index in [1.165, 1.54) is 5.69 Å². The number of hydrogen-bond acceptors (Lipinski definition) is 4. The van der Waals surface area contributed by atoms with Gasteiger partial charge in [-0.05, 0) is 70.7 Å². The lowest BCUT2D eigenvalue weighted by atomic mass is 9.96. The lowest BCUT2D eigenvalue weighted by Gasteiger charge is -2.32. The van der Waals surface area contributed by atoms with Gasteiger partial charge in [0.15, 0.2) is 0 Å². The third-order valence-corrected chi connectivity index (χ3v) is 5.76. The maximum atomic E-state index is 13.0. The van der Waals surface area contributed by atoms with Crippen LogP contribution >= 0.6 is 0 Å². The molecular weight excluding hydrogens is 350 g/mol. The molecule has 0 bridgehead atoms. The molecule has 1 aliphatic rings. The van der Waals surface area contributed by atoms with Crippen molar-refractivity contribution in [1.82, 2.24) is 24.6 Å². The number of nitrogens with zero attached hydrogens (tertiary/aromatic N) is 5. The van der Waals surface area contributed by atoms with Gasteiger partial charge in [-0.2, -0.15) is 5.10 Å². The molecule has 6 heteroatoms. The summed E-state index contributed by atoms with van der Waals surface area (Å²) in [6.07, 6.45) is 2.02. The largest absolute Gasteiger partial charge is 0.339 e. The van der Waals surface area contributed by atoms with E-state index in [1.807, 2.05) is 43.9 Å². The Kier molecular flexibility index (Phi) is 4.87. The highest BCUT2D eigenvalue weighted by atomic mass is 16.2. The van der Waals surface area contributed by atoms with Crippen molar-refractivity contribution in [3.63, 3.8) is 0 Å². The molecule has 0 spiro atoms. The molecule has 2 aromatic heterocycles. The summed E-state index contributed by atoms with van der Waals surface area (Å²) in [6, 6.07) is 7.76. The van der Waals surface area contributed by atoms with Crippen LogP contribution < -0.4 is 0 Å². The predicted molar refractivity (Wildman–Crippen MR) is 109 cm³/mol. The van der Waals surface area contributed by atoms with Crippen LogP contribution in [-0.2, 0) is 6.54 Å². The zero-order valence-electron chi connectivity index (χ0n) is 17.1. The maximum absolute atomic E-state index is 13.0. The highest BCUT2D eigenvalue weighted by molar-refractivity contribution is 5.97. The van der Waals surface area contributed by atoms with Crippen molar-refractivity contribution < 1.29 is 4.79 Å². The Bertz CT molecular complexity index is 1030. The van der Waals surface area contributed by atoms with Crippen LogP contribution in [0.3, 0.4) is 0 Å². The van der Waals surface area contributed by atoms with E-state index < -0.39 is 0 Å². The minimum absolute atomic E-state index is 0.0893. The van der Waals surface area contributed by atoms with E-state index in [-0.39, 0.29) is 5.91 Å². The van der Waals surface area contributed by atoms with Gasteiger partial charge in [-0.3, -0.25) is 9.48 Å². The van der Waals surface area contributed by atoms with Crippen LogP contribution in [0.2, 0.25) is 0 Å². The third-order valence-electron chi connectivity index (χ3n) is 5.76. The summed E-state index contributed by atoms with van der Waals surface area (Å²) >= 11 is 0. The predicted octanol–water partition coefficient (Wildman–Crippen LogP) is 3.61. The van der Waals surface area contributed by atoms with Crippen molar-refractivity contribution in [2.24, 2.45) is 5.92 Å². The quantitative estimate of drug-likeness (QED) is 0.699. The fourth-order valence-electron chi connectivity index (χ4n) is 3.97. The normalized spacial score (nSPS) is 15.4. The van der Waals surface area contributed by atoms with Gasteiger partial charge < -0.3 is 4.90 Å². The van der Waals surface area contributed by atoms with Crippen LogP contribution in [0.25, 0.3) is 11.0 Å². The van der Waals surface area contributed by atoms with Crippen molar-refractivity contribution in [2.75, 3.05) is 13.1 Å². The Hall–Kier alpha value is -2.76. The van der Waals surface area contributed by atoms with Gasteiger partial charge >= 0.3 is 0 Å². The standard InChI is InChI=1S/C22H27N5O/c1-14-11-15(2)27(25-14)13-18-7-9-26(10-8-18)22(28)19-5-6-20-21(12-19)24-17(4)16(3)23-20/h5-6,11-12,18H,7-10,13H2,1-4H3. The molecule has 6 nitrogen and oxygen atoms in total. The maximum Gasteiger partial charge on any atom is 0.253 e. The lowest BCUT2D eigenvalue weighted by Crippen LogP contribution is -2.39. The monoisotopic (exact) mass is 377 g/mol. The Balaban J connectivity index is 1.43. The zero-order valence-corrected chi connectivity index (χ0v) is 17.1. The van der Waals surface area contributed by atoms with E-state index in [1.54, 1.807) is 0 Å². The molecule has 3 heterocycles. The molecule has 0 N–H and O–H groups in total. The fourth-order valence-corrected chi connectivity index (χ4v) is 3.97. The molecule has 0 unspecified atom stereocenters. The molecule has 1 amide bonds. The molecular formula is C22H27N5O. The summed E-state index contributed by atoms with van der Waals surface area (Å²) in [6.45, 7) is 10.6. The molecule has 1 aliphatic heterocycles. The number of piperidine rings is 1. The molecule has 0 radical (unpaired) electrons. The van der Waals surface area contributed by atoms with Crippen LogP contribution in [0.5, 0.6) is 0 Å². The number of amides is 1. The van der Waals surface area contributed by atoms with E-state index in [0.29, 0.717) is 11.5 Å². The second-order valence-electron chi connectivity index (χ2n) is 7.94. The van der Waals surface area contributed by atoms with Gasteiger partial charge in [0, 0.05) is 30.9 Å². The van der Waals surface area contributed by atoms with Crippen molar-refractivity contribution in [3.05, 3.63) is 52.6 Å². The van der Waals surface area contributed by atoms with Crippen LogP contribution in [-0.4, -0.2) is 43.6 Å². The number of fused-ring (bicyclic) bond motifs is 1. The van der Waals surface area contributed by atoms with E-state index in [2.05, 4.69) is 32.7 Å². The fraction of sp³-hybridized carbons (Fsp3) is 0.455. The molecule has 0 aliphatic carbocycles. The first-order valence-corrected chi connectivity index (χ1v) is 9.96. The summed E-state index contributed by atoms with van der Waals surface area (Å²) in [4.78, 5) is 24.1. The smallest absolute Gasteiger partial charge is 0.253 e. The number of hydrogen-bond donors (Lipinski definition) is 0. The van der Waals surface area contributed by atoms with Gasteiger partial charge in [-0.15, -0.1) is 0 Å². The summed E-state index contributed by atoms with van der Waals surface area (Å²) in [5.41, 5.74) is 6.42. The van der Waals surface area contributed by atoms with Crippen LogP contribution in [0.4, 0.5) is 0 Å². The molecule has 1 aromatic carbocycles. The summed E-state index contributed by atoms with van der Waals surface area (Å²) < 4.78 is 2.10.